The summed E-state index contributed by atoms with van der Waals surface area (Å²) < 4.78 is 0. The number of nitrogens with one attached hydrogen (secondary N) is 6. The fraction of sp³-hybridized carbons (Fsp3) is 0.278. The molecule has 6 rings (SSSR count). The lowest BCUT2D eigenvalue weighted by molar-refractivity contribution is -0.142. The second kappa shape index (κ2) is 14.3. The Balaban J connectivity index is 1.24. The maximum Gasteiger partial charge on any atom is 0.326 e. The molecule has 5 aromatic rings. The highest BCUT2D eigenvalue weighted by molar-refractivity contribution is 5.95. The monoisotopic (exact) mass is 634 g/mol. The number of aliphatic carboxylic acids is 1. The first-order valence-corrected chi connectivity index (χ1v) is 15.9. The van der Waals surface area contributed by atoms with Crippen molar-refractivity contribution in [3.05, 3.63) is 108 Å². The van der Waals surface area contributed by atoms with Crippen LogP contribution in [-0.4, -0.2) is 69.5 Å². The van der Waals surface area contributed by atoms with Crippen molar-refractivity contribution in [3.8, 4) is 0 Å². The number of aromatic nitrogens is 2. The first-order chi connectivity index (χ1) is 22.9. The predicted molar refractivity (Wildman–Crippen MR) is 179 cm³/mol. The molecule has 1 aliphatic rings. The summed E-state index contributed by atoms with van der Waals surface area (Å²) >= 11 is 0. The van der Waals surface area contributed by atoms with Crippen LogP contribution in [0.15, 0.2) is 91.3 Å². The molecule has 1 saturated heterocycles. The number of rotatable bonds is 13. The Morgan fingerprint density at radius 1 is 0.681 bits per heavy atom. The Labute approximate surface area is 271 Å². The van der Waals surface area contributed by atoms with Crippen LogP contribution in [0.3, 0.4) is 0 Å². The molecule has 3 heterocycles. The van der Waals surface area contributed by atoms with E-state index in [0.717, 1.165) is 51.5 Å². The Hall–Kier alpha value is -5.42. The Kier molecular flexibility index (Phi) is 9.63. The average molecular weight is 635 g/mol. The molecule has 242 valence electrons. The molecule has 11 nitrogen and oxygen atoms in total. The van der Waals surface area contributed by atoms with Gasteiger partial charge in [0.25, 0.3) is 0 Å². The minimum Gasteiger partial charge on any atom is -0.480 e. The zero-order valence-corrected chi connectivity index (χ0v) is 25.8. The van der Waals surface area contributed by atoms with Crippen LogP contribution < -0.4 is 21.3 Å². The van der Waals surface area contributed by atoms with Gasteiger partial charge in [-0.1, -0.05) is 66.7 Å². The van der Waals surface area contributed by atoms with Crippen LogP contribution >= 0.6 is 0 Å². The highest BCUT2D eigenvalue weighted by Gasteiger charge is 2.32. The van der Waals surface area contributed by atoms with Crippen LogP contribution in [0.4, 0.5) is 0 Å². The van der Waals surface area contributed by atoms with Gasteiger partial charge in [-0.3, -0.25) is 14.4 Å². The summed E-state index contributed by atoms with van der Waals surface area (Å²) in [6.45, 7) is 0.722. The fourth-order valence-corrected chi connectivity index (χ4v) is 6.23. The molecule has 7 N–H and O–H groups in total. The molecule has 0 saturated carbocycles. The van der Waals surface area contributed by atoms with Gasteiger partial charge in [0.05, 0.1) is 6.04 Å². The smallest absolute Gasteiger partial charge is 0.326 e. The molecule has 2 aromatic heterocycles. The molecule has 0 aliphatic carbocycles. The lowest BCUT2D eigenvalue weighted by atomic mass is 10.0. The van der Waals surface area contributed by atoms with E-state index in [1.54, 1.807) is 6.20 Å². The quantitative estimate of drug-likeness (QED) is 0.105. The van der Waals surface area contributed by atoms with Gasteiger partial charge in [0.15, 0.2) is 0 Å². The average Bonchev–Trinajstić information content (AvgIpc) is 3.85. The number of carboxylic acid groups (broad SMARTS) is 1. The van der Waals surface area contributed by atoms with Crippen molar-refractivity contribution in [2.75, 3.05) is 6.54 Å². The number of fused-ring (bicyclic) bond motifs is 2. The highest BCUT2D eigenvalue weighted by Crippen LogP contribution is 2.21. The first kappa shape index (κ1) is 31.6. The van der Waals surface area contributed by atoms with E-state index in [0.29, 0.717) is 6.42 Å². The molecule has 0 spiro atoms. The third-order valence-corrected chi connectivity index (χ3v) is 8.74. The van der Waals surface area contributed by atoms with E-state index >= 15 is 0 Å². The van der Waals surface area contributed by atoms with Crippen molar-refractivity contribution in [1.29, 1.82) is 0 Å². The van der Waals surface area contributed by atoms with Gasteiger partial charge in [-0.15, -0.1) is 0 Å². The SMILES string of the molecule is O=C(O)C(Cc1c[nH]c2ccccc12)NC(=O)C(Cc1ccccc1)NC(=O)C(Cc1c[nH]c2ccccc12)NC(=O)C1CCCN1. The van der Waals surface area contributed by atoms with E-state index in [1.807, 2.05) is 85.1 Å². The number of carbonyl (C=O) groups excluding carboxylic acids is 3. The van der Waals surface area contributed by atoms with E-state index < -0.39 is 42.0 Å². The van der Waals surface area contributed by atoms with E-state index in [-0.39, 0.29) is 25.2 Å². The zero-order chi connectivity index (χ0) is 32.8. The van der Waals surface area contributed by atoms with Crippen LogP contribution in [0.5, 0.6) is 0 Å². The van der Waals surface area contributed by atoms with Gasteiger partial charge in [-0.05, 0) is 48.2 Å². The summed E-state index contributed by atoms with van der Waals surface area (Å²) in [5, 5.41) is 23.5. The van der Waals surface area contributed by atoms with Gasteiger partial charge in [0.1, 0.15) is 18.1 Å². The zero-order valence-electron chi connectivity index (χ0n) is 25.8. The molecule has 4 unspecified atom stereocenters. The molecule has 3 aromatic carbocycles. The second-order valence-corrected chi connectivity index (χ2v) is 12.0. The third-order valence-electron chi connectivity index (χ3n) is 8.74. The molecule has 0 radical (unpaired) electrons. The second-order valence-electron chi connectivity index (χ2n) is 12.0. The summed E-state index contributed by atoms with van der Waals surface area (Å²) in [5.74, 6) is -2.65. The molecule has 1 fully saturated rings. The number of carbonyl (C=O) groups is 4. The van der Waals surface area contributed by atoms with Crippen LogP contribution in [-0.2, 0) is 38.4 Å². The van der Waals surface area contributed by atoms with E-state index in [9.17, 15) is 24.3 Å². The summed E-state index contributed by atoms with van der Waals surface area (Å²) in [7, 11) is 0. The van der Waals surface area contributed by atoms with Crippen LogP contribution in [0, 0.1) is 0 Å². The van der Waals surface area contributed by atoms with Crippen LogP contribution in [0.2, 0.25) is 0 Å². The Morgan fingerprint density at radius 3 is 1.79 bits per heavy atom. The topological polar surface area (TPSA) is 168 Å². The van der Waals surface area contributed by atoms with E-state index in [1.165, 1.54) is 0 Å². The molecule has 0 bridgehead atoms. The van der Waals surface area contributed by atoms with Crippen molar-refractivity contribution in [2.45, 2.75) is 56.3 Å². The van der Waals surface area contributed by atoms with E-state index in [4.69, 9.17) is 0 Å². The predicted octanol–water partition coefficient (Wildman–Crippen LogP) is 2.97. The maximum absolute atomic E-state index is 14.0. The van der Waals surface area contributed by atoms with Gasteiger partial charge in [-0.25, -0.2) is 4.79 Å². The number of amides is 3. The molecule has 3 amide bonds. The lowest BCUT2D eigenvalue weighted by Gasteiger charge is -2.25. The van der Waals surface area contributed by atoms with Gasteiger partial charge >= 0.3 is 5.97 Å². The van der Waals surface area contributed by atoms with Gasteiger partial charge in [0.2, 0.25) is 17.7 Å². The lowest BCUT2D eigenvalue weighted by Crippen LogP contribution is -2.58. The fourth-order valence-electron chi connectivity index (χ4n) is 6.23. The van der Waals surface area contributed by atoms with Crippen molar-refractivity contribution in [1.82, 2.24) is 31.2 Å². The largest absolute Gasteiger partial charge is 0.480 e. The van der Waals surface area contributed by atoms with Gasteiger partial charge in [0, 0.05) is 53.5 Å². The summed E-state index contributed by atoms with van der Waals surface area (Å²) in [6, 6.07) is 20.7. The summed E-state index contributed by atoms with van der Waals surface area (Å²) in [4.78, 5) is 59.8. The minimum absolute atomic E-state index is 0.0464. The number of benzene rings is 3. The highest BCUT2D eigenvalue weighted by atomic mass is 16.4. The number of hydrogen-bond acceptors (Lipinski definition) is 5. The standard InChI is InChI=1S/C36H38N6O5/c43-33(29-15-8-16-37-29)41-31(18-23-20-38-27-13-6-4-11-25(23)27)35(45)40-30(17-22-9-2-1-3-10-22)34(44)42-32(36(46)47)19-24-21-39-28-14-7-5-12-26(24)28/h1-7,9-14,20-21,29-32,37-39H,8,15-19H2,(H,40,45)(H,41,43)(H,42,44)(H,46,47). The first-order valence-electron chi connectivity index (χ1n) is 15.9. The summed E-state index contributed by atoms with van der Waals surface area (Å²) in [5.41, 5.74) is 4.14. The maximum atomic E-state index is 14.0. The summed E-state index contributed by atoms with van der Waals surface area (Å²) in [6.07, 6.45) is 5.44. The van der Waals surface area contributed by atoms with Crippen LogP contribution in [0.25, 0.3) is 21.8 Å². The number of carboxylic acids is 1. The van der Waals surface area contributed by atoms with Crippen molar-refractivity contribution in [3.63, 3.8) is 0 Å². The third kappa shape index (κ3) is 7.53. The van der Waals surface area contributed by atoms with Crippen molar-refractivity contribution >= 4 is 45.5 Å². The van der Waals surface area contributed by atoms with Crippen molar-refractivity contribution < 1.29 is 24.3 Å². The number of hydrogen-bond donors (Lipinski definition) is 7. The molecular formula is C36H38N6O5. The van der Waals surface area contributed by atoms with E-state index in [2.05, 4.69) is 31.2 Å². The molecule has 4 atom stereocenters. The molecule has 11 heteroatoms. The Morgan fingerprint density at radius 2 is 1.21 bits per heavy atom. The normalized spacial score (nSPS) is 16.4. The molecule has 1 aliphatic heterocycles. The van der Waals surface area contributed by atoms with Gasteiger partial charge in [-0.2, -0.15) is 0 Å². The molecular weight excluding hydrogens is 596 g/mol. The van der Waals surface area contributed by atoms with Crippen molar-refractivity contribution in [2.24, 2.45) is 0 Å². The van der Waals surface area contributed by atoms with Gasteiger partial charge < -0.3 is 36.3 Å². The molecule has 47 heavy (non-hydrogen) atoms. The number of aromatic amines is 2. The van der Waals surface area contributed by atoms with Crippen LogP contribution in [0.1, 0.15) is 29.5 Å². The number of H-pyrrole nitrogens is 2. The number of para-hydroxylation sites is 2. The minimum atomic E-state index is -1.24. The Bertz CT molecular complexity index is 1880.